The van der Waals surface area contributed by atoms with E-state index in [1.807, 2.05) is 0 Å². The van der Waals surface area contributed by atoms with E-state index in [-0.39, 0.29) is 5.41 Å². The lowest BCUT2D eigenvalue weighted by Gasteiger charge is -2.48. The van der Waals surface area contributed by atoms with Gasteiger partial charge in [0.1, 0.15) is 0 Å². The van der Waals surface area contributed by atoms with E-state index in [0.717, 1.165) is 6.04 Å². The molecule has 0 saturated heterocycles. The topological polar surface area (TPSA) is 3.24 Å². The molecular weight excluding hydrogens is 446 g/mol. The Labute approximate surface area is 226 Å². The Morgan fingerprint density at radius 1 is 0.892 bits per heavy atom. The first-order chi connectivity index (χ1) is 18.3. The Morgan fingerprint density at radius 2 is 1.73 bits per heavy atom. The molecule has 1 heteroatoms. The van der Waals surface area contributed by atoms with Crippen LogP contribution in [0.4, 0.5) is 0 Å². The second-order valence-corrected chi connectivity index (χ2v) is 12.2. The fourth-order valence-corrected chi connectivity index (χ4v) is 8.61. The van der Waals surface area contributed by atoms with Crippen molar-refractivity contribution in [2.75, 3.05) is 6.54 Å². The molecular formula is C36H47N. The van der Waals surface area contributed by atoms with E-state index < -0.39 is 0 Å². The molecule has 1 fully saturated rings. The summed E-state index contributed by atoms with van der Waals surface area (Å²) in [6.07, 6.45) is 33.6. The summed E-state index contributed by atoms with van der Waals surface area (Å²) in [5.41, 5.74) is 8.11. The molecule has 1 saturated carbocycles. The van der Waals surface area contributed by atoms with Crippen LogP contribution in [0.15, 0.2) is 89.1 Å². The molecule has 5 aliphatic rings. The molecule has 0 N–H and O–H groups in total. The summed E-state index contributed by atoms with van der Waals surface area (Å²) in [6.45, 7) is 3.65. The Hall–Kier alpha value is -2.12. The summed E-state index contributed by atoms with van der Waals surface area (Å²) in [5.74, 6) is 0.601. The summed E-state index contributed by atoms with van der Waals surface area (Å²) < 4.78 is 0. The second kappa shape index (κ2) is 11.3. The van der Waals surface area contributed by atoms with Crippen molar-refractivity contribution in [1.29, 1.82) is 0 Å². The molecule has 3 atom stereocenters. The lowest BCUT2D eigenvalue weighted by atomic mass is 9.60. The van der Waals surface area contributed by atoms with Crippen molar-refractivity contribution in [2.24, 2.45) is 5.92 Å². The molecule has 0 amide bonds. The fraction of sp³-hybridized carbons (Fsp3) is 0.556. The fourth-order valence-electron chi connectivity index (χ4n) is 8.61. The predicted molar refractivity (Wildman–Crippen MR) is 158 cm³/mol. The molecule has 3 unspecified atom stereocenters. The van der Waals surface area contributed by atoms with Crippen LogP contribution < -0.4 is 0 Å². The van der Waals surface area contributed by atoms with Crippen LogP contribution in [0.2, 0.25) is 0 Å². The number of rotatable bonds is 8. The van der Waals surface area contributed by atoms with E-state index in [0.29, 0.717) is 12.0 Å². The van der Waals surface area contributed by atoms with Gasteiger partial charge in [0.25, 0.3) is 0 Å². The molecule has 0 aliphatic heterocycles. The van der Waals surface area contributed by atoms with Gasteiger partial charge in [0.15, 0.2) is 0 Å². The van der Waals surface area contributed by atoms with Gasteiger partial charge in [0.05, 0.1) is 0 Å². The third kappa shape index (κ3) is 4.56. The minimum absolute atomic E-state index is 0.0227. The second-order valence-electron chi connectivity index (χ2n) is 12.2. The molecule has 1 aromatic carbocycles. The number of nitrogens with zero attached hydrogens (tertiary/aromatic N) is 1. The zero-order valence-corrected chi connectivity index (χ0v) is 23.1. The van der Waals surface area contributed by atoms with Crippen molar-refractivity contribution in [3.8, 4) is 0 Å². The Balaban J connectivity index is 1.50. The minimum Gasteiger partial charge on any atom is -0.294 e. The van der Waals surface area contributed by atoms with Gasteiger partial charge in [-0.2, -0.15) is 0 Å². The van der Waals surface area contributed by atoms with Crippen LogP contribution in [-0.4, -0.2) is 23.5 Å². The molecule has 0 spiro atoms. The smallest absolute Gasteiger partial charge is 0.0463 e. The SMILES string of the molecule is CCCC(CN(C1C=CCCC1)C1CCCCC1)C1(c2ccccc2)C2=CCCC=C2C2=C1CCC=C2. The first kappa shape index (κ1) is 25.2. The van der Waals surface area contributed by atoms with Gasteiger partial charge in [-0.3, -0.25) is 4.90 Å². The molecule has 6 rings (SSSR count). The van der Waals surface area contributed by atoms with Gasteiger partial charge in [-0.15, -0.1) is 0 Å². The van der Waals surface area contributed by atoms with Gasteiger partial charge < -0.3 is 0 Å². The maximum Gasteiger partial charge on any atom is 0.0463 e. The van der Waals surface area contributed by atoms with Crippen LogP contribution in [-0.2, 0) is 5.41 Å². The third-order valence-corrected chi connectivity index (χ3v) is 10.1. The lowest BCUT2D eigenvalue weighted by molar-refractivity contribution is 0.0818. The van der Waals surface area contributed by atoms with E-state index in [1.165, 1.54) is 96.4 Å². The Kier molecular flexibility index (Phi) is 7.70. The van der Waals surface area contributed by atoms with Crippen LogP contribution in [0, 0.1) is 5.92 Å². The van der Waals surface area contributed by atoms with E-state index >= 15 is 0 Å². The highest BCUT2D eigenvalue weighted by molar-refractivity contribution is 5.73. The number of hydrogen-bond donors (Lipinski definition) is 0. The molecule has 1 aromatic rings. The van der Waals surface area contributed by atoms with Crippen LogP contribution >= 0.6 is 0 Å². The predicted octanol–water partition coefficient (Wildman–Crippen LogP) is 9.39. The van der Waals surface area contributed by atoms with E-state index in [2.05, 4.69) is 78.6 Å². The highest BCUT2D eigenvalue weighted by Gasteiger charge is 2.53. The summed E-state index contributed by atoms with van der Waals surface area (Å²) in [4.78, 5) is 3.03. The van der Waals surface area contributed by atoms with Crippen LogP contribution in [0.1, 0.15) is 102 Å². The van der Waals surface area contributed by atoms with Crippen molar-refractivity contribution in [3.63, 3.8) is 0 Å². The lowest BCUT2D eigenvalue weighted by Crippen LogP contribution is -2.51. The molecule has 0 heterocycles. The van der Waals surface area contributed by atoms with Gasteiger partial charge in [-0.05, 0) is 98.0 Å². The minimum atomic E-state index is 0.0227. The number of hydrogen-bond acceptors (Lipinski definition) is 1. The molecule has 0 bridgehead atoms. The summed E-state index contributed by atoms with van der Waals surface area (Å²) in [6, 6.07) is 13.1. The molecule has 1 nitrogen and oxygen atoms in total. The largest absolute Gasteiger partial charge is 0.294 e. The summed E-state index contributed by atoms with van der Waals surface area (Å²) in [5, 5.41) is 0. The van der Waals surface area contributed by atoms with E-state index in [1.54, 1.807) is 27.9 Å². The van der Waals surface area contributed by atoms with Crippen molar-refractivity contribution in [3.05, 3.63) is 94.6 Å². The highest BCUT2D eigenvalue weighted by Crippen LogP contribution is 2.60. The zero-order chi connectivity index (χ0) is 25.1. The van der Waals surface area contributed by atoms with Crippen LogP contribution in [0.25, 0.3) is 0 Å². The zero-order valence-electron chi connectivity index (χ0n) is 23.1. The van der Waals surface area contributed by atoms with Crippen molar-refractivity contribution >= 4 is 0 Å². The standard InChI is InChI=1S/C36H47N/c1-2-16-29(27-37(30-19-8-4-9-20-30)31-21-10-5-11-22-31)36(28-17-6-3-7-18-28)34-25-14-12-23-32(34)33-24-13-15-26-35(33)36/h3,6-8,12,17-19,23-24,26,29-31H,2,4-5,9-11,13-16,20-22,25,27H2,1H3. The maximum absolute atomic E-state index is 3.03. The highest BCUT2D eigenvalue weighted by atomic mass is 15.2. The molecule has 196 valence electrons. The van der Waals surface area contributed by atoms with Crippen molar-refractivity contribution in [2.45, 2.75) is 114 Å². The van der Waals surface area contributed by atoms with Crippen molar-refractivity contribution in [1.82, 2.24) is 4.90 Å². The molecule has 5 aliphatic carbocycles. The van der Waals surface area contributed by atoms with E-state index in [9.17, 15) is 0 Å². The maximum atomic E-state index is 3.03. The number of benzene rings is 1. The quantitative estimate of drug-likeness (QED) is 0.326. The van der Waals surface area contributed by atoms with Crippen LogP contribution in [0.3, 0.4) is 0 Å². The normalized spacial score (nSPS) is 28.6. The van der Waals surface area contributed by atoms with Gasteiger partial charge >= 0.3 is 0 Å². The monoisotopic (exact) mass is 493 g/mol. The summed E-state index contributed by atoms with van der Waals surface area (Å²) >= 11 is 0. The van der Waals surface area contributed by atoms with Gasteiger partial charge in [-0.1, -0.05) is 99.4 Å². The third-order valence-electron chi connectivity index (χ3n) is 10.1. The summed E-state index contributed by atoms with van der Waals surface area (Å²) in [7, 11) is 0. The van der Waals surface area contributed by atoms with Crippen molar-refractivity contribution < 1.29 is 0 Å². The molecule has 0 radical (unpaired) electrons. The number of allylic oxidation sites excluding steroid dienone is 9. The first-order valence-electron chi connectivity index (χ1n) is 15.6. The first-order valence-corrected chi connectivity index (χ1v) is 15.6. The average Bonchev–Trinajstić information content (AvgIpc) is 3.28. The molecule has 37 heavy (non-hydrogen) atoms. The number of fused-ring (bicyclic) bond motifs is 2. The Bertz CT molecular complexity index is 1090. The van der Waals surface area contributed by atoms with Gasteiger partial charge in [0, 0.05) is 24.0 Å². The van der Waals surface area contributed by atoms with Crippen LogP contribution in [0.5, 0.6) is 0 Å². The van der Waals surface area contributed by atoms with Gasteiger partial charge in [0.2, 0.25) is 0 Å². The molecule has 0 aromatic heterocycles. The average molecular weight is 494 g/mol. The van der Waals surface area contributed by atoms with Gasteiger partial charge in [-0.25, -0.2) is 0 Å². The Morgan fingerprint density at radius 3 is 2.51 bits per heavy atom. The van der Waals surface area contributed by atoms with E-state index in [4.69, 9.17) is 0 Å².